The lowest BCUT2D eigenvalue weighted by Gasteiger charge is -2.16. The molecule has 1 atom stereocenters. The third-order valence-electron chi connectivity index (χ3n) is 1.99. The standard InChI is InChI=1S/C12H19NO4/c1-5-17-12(16)7-11(10(4)15)13-8(2)6-9(3)14/h6,11,13H,5,7H2,1-4H3/b8-6+/t11-/m0/s1. The van der Waals surface area contributed by atoms with E-state index in [1.807, 2.05) is 0 Å². The van der Waals surface area contributed by atoms with Gasteiger partial charge in [-0.15, -0.1) is 0 Å². The Morgan fingerprint density at radius 1 is 1.24 bits per heavy atom. The van der Waals surface area contributed by atoms with Crippen molar-refractivity contribution in [3.8, 4) is 0 Å². The fourth-order valence-electron chi connectivity index (χ4n) is 1.30. The molecule has 0 aromatic carbocycles. The average molecular weight is 241 g/mol. The van der Waals surface area contributed by atoms with Gasteiger partial charge >= 0.3 is 5.97 Å². The quantitative estimate of drug-likeness (QED) is 0.531. The number of nitrogens with one attached hydrogen (secondary N) is 1. The van der Waals surface area contributed by atoms with Crippen LogP contribution in [0.1, 0.15) is 34.1 Å². The molecule has 0 saturated carbocycles. The lowest BCUT2D eigenvalue weighted by Crippen LogP contribution is -2.36. The van der Waals surface area contributed by atoms with Crippen molar-refractivity contribution in [2.24, 2.45) is 0 Å². The Balaban J connectivity index is 4.50. The molecule has 0 rings (SSSR count). The highest BCUT2D eigenvalue weighted by molar-refractivity contribution is 5.89. The zero-order chi connectivity index (χ0) is 13.4. The van der Waals surface area contributed by atoms with Crippen LogP contribution in [0.5, 0.6) is 0 Å². The van der Waals surface area contributed by atoms with Crippen molar-refractivity contribution < 1.29 is 19.1 Å². The molecule has 5 heteroatoms. The number of hydrogen-bond acceptors (Lipinski definition) is 5. The second-order valence-electron chi connectivity index (χ2n) is 3.75. The normalized spacial score (nSPS) is 12.8. The molecule has 0 radical (unpaired) electrons. The molecule has 0 unspecified atom stereocenters. The molecule has 0 bridgehead atoms. The fourth-order valence-corrected chi connectivity index (χ4v) is 1.30. The van der Waals surface area contributed by atoms with Crippen LogP contribution in [0.3, 0.4) is 0 Å². The van der Waals surface area contributed by atoms with Gasteiger partial charge in [0.25, 0.3) is 0 Å². The number of allylic oxidation sites excluding steroid dienone is 2. The van der Waals surface area contributed by atoms with Crippen LogP contribution in [0.4, 0.5) is 0 Å². The highest BCUT2D eigenvalue weighted by Gasteiger charge is 2.18. The summed E-state index contributed by atoms with van der Waals surface area (Å²) in [4.78, 5) is 33.4. The molecule has 96 valence electrons. The number of ether oxygens (including phenoxy) is 1. The van der Waals surface area contributed by atoms with E-state index in [-0.39, 0.29) is 24.6 Å². The second kappa shape index (κ2) is 7.60. The average Bonchev–Trinajstić information content (AvgIpc) is 2.15. The van der Waals surface area contributed by atoms with E-state index in [0.717, 1.165) is 0 Å². The third-order valence-corrected chi connectivity index (χ3v) is 1.99. The molecule has 0 aliphatic heterocycles. The Morgan fingerprint density at radius 3 is 2.24 bits per heavy atom. The third kappa shape index (κ3) is 7.27. The van der Waals surface area contributed by atoms with E-state index < -0.39 is 12.0 Å². The summed E-state index contributed by atoms with van der Waals surface area (Å²) >= 11 is 0. The van der Waals surface area contributed by atoms with Gasteiger partial charge in [0.15, 0.2) is 11.6 Å². The van der Waals surface area contributed by atoms with E-state index in [1.54, 1.807) is 13.8 Å². The Kier molecular flexibility index (Phi) is 6.86. The largest absolute Gasteiger partial charge is 0.466 e. The molecule has 0 aromatic heterocycles. The van der Waals surface area contributed by atoms with Gasteiger partial charge in [0.1, 0.15) is 0 Å². The van der Waals surface area contributed by atoms with Crippen LogP contribution < -0.4 is 5.32 Å². The van der Waals surface area contributed by atoms with Crippen molar-refractivity contribution in [3.63, 3.8) is 0 Å². The minimum Gasteiger partial charge on any atom is -0.466 e. The number of carbonyl (C=O) groups excluding carboxylic acids is 3. The van der Waals surface area contributed by atoms with Gasteiger partial charge in [-0.2, -0.15) is 0 Å². The number of ketones is 2. The predicted octanol–water partition coefficient (Wildman–Crippen LogP) is 0.980. The summed E-state index contributed by atoms with van der Waals surface area (Å²) in [6.07, 6.45) is 1.34. The zero-order valence-electron chi connectivity index (χ0n) is 10.7. The van der Waals surface area contributed by atoms with Crippen molar-refractivity contribution >= 4 is 17.5 Å². The van der Waals surface area contributed by atoms with Gasteiger partial charge in [0.2, 0.25) is 0 Å². The van der Waals surface area contributed by atoms with Gasteiger partial charge in [-0.1, -0.05) is 0 Å². The Labute approximate surface area is 101 Å². The van der Waals surface area contributed by atoms with Crippen molar-refractivity contribution in [1.82, 2.24) is 5.32 Å². The Hall–Kier alpha value is -1.65. The van der Waals surface area contributed by atoms with E-state index in [4.69, 9.17) is 4.74 Å². The highest BCUT2D eigenvalue weighted by atomic mass is 16.5. The maximum Gasteiger partial charge on any atom is 0.308 e. The van der Waals surface area contributed by atoms with Crippen LogP contribution in [0.25, 0.3) is 0 Å². The lowest BCUT2D eigenvalue weighted by atomic mass is 10.1. The summed E-state index contributed by atoms with van der Waals surface area (Å²) in [5.74, 6) is -0.724. The Bertz CT molecular complexity index is 333. The number of Topliss-reactive ketones (excluding diaryl/α,β-unsaturated/α-hetero) is 1. The molecule has 0 aromatic rings. The summed E-state index contributed by atoms with van der Waals surface area (Å²) in [5.41, 5.74) is 0.557. The van der Waals surface area contributed by atoms with Gasteiger partial charge < -0.3 is 10.1 Å². The molecule has 0 amide bonds. The number of carbonyl (C=O) groups is 3. The predicted molar refractivity (Wildman–Crippen MR) is 63.3 cm³/mol. The highest BCUT2D eigenvalue weighted by Crippen LogP contribution is 2.01. The molecule has 17 heavy (non-hydrogen) atoms. The number of rotatable bonds is 7. The summed E-state index contributed by atoms with van der Waals surface area (Å²) in [6, 6.07) is -0.648. The van der Waals surface area contributed by atoms with Crippen LogP contribution in [0.15, 0.2) is 11.8 Å². The first-order chi connectivity index (χ1) is 7.86. The summed E-state index contributed by atoms with van der Waals surface area (Å²) in [7, 11) is 0. The topological polar surface area (TPSA) is 72.5 Å². The molecule has 5 nitrogen and oxygen atoms in total. The molecule has 0 heterocycles. The van der Waals surface area contributed by atoms with Gasteiger partial charge in [0.05, 0.1) is 19.1 Å². The van der Waals surface area contributed by atoms with Crippen molar-refractivity contribution in [2.45, 2.75) is 40.2 Å². The van der Waals surface area contributed by atoms with E-state index >= 15 is 0 Å². The molecular weight excluding hydrogens is 222 g/mol. The SMILES string of the molecule is CCOC(=O)C[C@H](N/C(C)=C/C(C)=O)C(C)=O. The monoisotopic (exact) mass is 241 g/mol. The maximum absolute atomic E-state index is 11.3. The number of esters is 1. The minimum atomic E-state index is -0.648. The van der Waals surface area contributed by atoms with Crippen molar-refractivity contribution in [1.29, 1.82) is 0 Å². The van der Waals surface area contributed by atoms with Gasteiger partial charge in [0, 0.05) is 5.70 Å². The van der Waals surface area contributed by atoms with Crippen LogP contribution in [-0.4, -0.2) is 30.2 Å². The molecule has 0 spiro atoms. The lowest BCUT2D eigenvalue weighted by molar-refractivity contribution is -0.144. The van der Waals surface area contributed by atoms with E-state index in [0.29, 0.717) is 5.70 Å². The summed E-state index contributed by atoms with van der Waals surface area (Å²) < 4.78 is 4.77. The smallest absolute Gasteiger partial charge is 0.308 e. The molecule has 0 aliphatic rings. The molecule has 1 N–H and O–H groups in total. The van der Waals surface area contributed by atoms with Crippen LogP contribution in [-0.2, 0) is 19.1 Å². The van der Waals surface area contributed by atoms with Crippen LogP contribution in [0.2, 0.25) is 0 Å². The first-order valence-corrected chi connectivity index (χ1v) is 5.48. The van der Waals surface area contributed by atoms with E-state index in [9.17, 15) is 14.4 Å². The minimum absolute atomic E-state index is 0.0355. The fraction of sp³-hybridized carbons (Fsp3) is 0.583. The maximum atomic E-state index is 11.3. The molecular formula is C12H19NO4. The molecule has 0 fully saturated rings. The van der Waals surface area contributed by atoms with Crippen LogP contribution in [0, 0.1) is 0 Å². The van der Waals surface area contributed by atoms with Crippen molar-refractivity contribution in [3.05, 3.63) is 11.8 Å². The number of hydrogen-bond donors (Lipinski definition) is 1. The molecule has 0 saturated heterocycles. The van der Waals surface area contributed by atoms with E-state index in [1.165, 1.54) is 19.9 Å². The van der Waals surface area contributed by atoms with Gasteiger partial charge in [-0.05, 0) is 33.8 Å². The first-order valence-electron chi connectivity index (χ1n) is 5.48. The Morgan fingerprint density at radius 2 is 1.82 bits per heavy atom. The first kappa shape index (κ1) is 15.3. The second-order valence-corrected chi connectivity index (χ2v) is 3.75. The van der Waals surface area contributed by atoms with Crippen molar-refractivity contribution in [2.75, 3.05) is 6.61 Å². The zero-order valence-corrected chi connectivity index (χ0v) is 10.7. The summed E-state index contributed by atoms with van der Waals surface area (Å²) in [6.45, 7) is 6.46. The van der Waals surface area contributed by atoms with Gasteiger partial charge in [-0.3, -0.25) is 14.4 Å². The van der Waals surface area contributed by atoms with Crippen LogP contribution >= 0.6 is 0 Å². The van der Waals surface area contributed by atoms with Gasteiger partial charge in [-0.25, -0.2) is 0 Å². The summed E-state index contributed by atoms with van der Waals surface area (Å²) in [5, 5.41) is 2.83. The molecule has 0 aliphatic carbocycles. The van der Waals surface area contributed by atoms with E-state index in [2.05, 4.69) is 5.32 Å².